The van der Waals surface area contributed by atoms with Gasteiger partial charge in [-0.15, -0.1) is 0 Å². The summed E-state index contributed by atoms with van der Waals surface area (Å²) in [4.78, 5) is 5.66. The van der Waals surface area contributed by atoms with Gasteiger partial charge >= 0.3 is 0 Å². The van der Waals surface area contributed by atoms with Crippen LogP contribution < -0.4 is 0 Å². The predicted molar refractivity (Wildman–Crippen MR) is 286 cm³/mol. The highest BCUT2D eigenvalue weighted by Gasteiger charge is 2.30. The van der Waals surface area contributed by atoms with Crippen LogP contribution in [0.5, 0.6) is 0 Å². The zero-order valence-electron chi connectivity index (χ0n) is 38.5. The predicted octanol–water partition coefficient (Wildman–Crippen LogP) is 17.0. The topological polar surface area (TPSA) is 26.6 Å². The number of rotatable bonds is 2. The number of hydrogen-bond donors (Lipinski definition) is 0. The van der Waals surface area contributed by atoms with Crippen LogP contribution in [0.25, 0.3) is 136 Å². The van der Waals surface area contributed by atoms with Gasteiger partial charge in [-0.25, -0.2) is 4.98 Å². The standard InChI is InChI=1S/C63H46N4/c1-62(2,3)38-25-27-52-48(31-38)54-41-20-12-10-17-36(41)30-49-55-53(66(52)60(49)54)34-64-61-57(55)56-42-21-13-11-16-35(42)29-46-47-33-39(63(4,5)6)32-44(58(47)67(61)59(46)56)37-24-26-51-45(28-37)43-22-14-15-23-50(43)65(51)40-18-8-7-9-19-40/h7-34H,1-6H3. The van der Waals surface area contributed by atoms with Crippen LogP contribution in [0.4, 0.5) is 0 Å². The second-order valence-corrected chi connectivity index (χ2v) is 21.2. The van der Waals surface area contributed by atoms with Gasteiger partial charge in [-0.3, -0.25) is 4.40 Å². The lowest BCUT2D eigenvalue weighted by Gasteiger charge is -2.21. The highest BCUT2D eigenvalue weighted by molar-refractivity contribution is 6.41. The number of benzene rings is 9. The molecule has 15 rings (SSSR count). The van der Waals surface area contributed by atoms with Crippen LogP contribution in [0.15, 0.2) is 170 Å². The minimum Gasteiger partial charge on any atom is -0.309 e. The molecule has 67 heavy (non-hydrogen) atoms. The van der Waals surface area contributed by atoms with E-state index in [1.165, 1.54) is 131 Å². The molecule has 0 atom stereocenters. The van der Waals surface area contributed by atoms with Gasteiger partial charge in [0.2, 0.25) is 0 Å². The number of nitrogens with zero attached hydrogens (tertiary/aromatic N) is 4. The average Bonchev–Trinajstić information content (AvgIpc) is 4.13. The molecule has 6 heterocycles. The zero-order valence-corrected chi connectivity index (χ0v) is 38.5. The molecule has 4 nitrogen and oxygen atoms in total. The van der Waals surface area contributed by atoms with Crippen molar-refractivity contribution in [3.8, 4) is 16.8 Å². The van der Waals surface area contributed by atoms with Crippen molar-refractivity contribution in [1.82, 2.24) is 18.4 Å². The normalized spacial score (nSPS) is 13.2. The average molecular weight is 859 g/mol. The van der Waals surface area contributed by atoms with Gasteiger partial charge in [-0.05, 0) is 116 Å². The molecule has 0 saturated carbocycles. The monoisotopic (exact) mass is 858 g/mol. The summed E-state index contributed by atoms with van der Waals surface area (Å²) in [5.74, 6) is 0. The molecular weight excluding hydrogens is 813 g/mol. The van der Waals surface area contributed by atoms with Gasteiger partial charge in [-0.2, -0.15) is 0 Å². The minimum atomic E-state index is -0.0864. The van der Waals surface area contributed by atoms with Crippen molar-refractivity contribution in [2.24, 2.45) is 0 Å². The van der Waals surface area contributed by atoms with Crippen molar-refractivity contribution in [2.45, 2.75) is 52.4 Å². The number of fused-ring (bicyclic) bond motifs is 20. The zero-order chi connectivity index (χ0) is 44.8. The van der Waals surface area contributed by atoms with E-state index in [9.17, 15) is 0 Å². The van der Waals surface area contributed by atoms with Crippen LogP contribution in [0.3, 0.4) is 0 Å². The summed E-state index contributed by atoms with van der Waals surface area (Å²) in [5.41, 5.74) is 15.7. The van der Waals surface area contributed by atoms with Crippen LogP contribution in [-0.4, -0.2) is 18.4 Å². The molecule has 0 bridgehead atoms. The highest BCUT2D eigenvalue weighted by atomic mass is 15.0. The lowest BCUT2D eigenvalue weighted by atomic mass is 9.84. The molecule has 15 aromatic rings. The highest BCUT2D eigenvalue weighted by Crippen LogP contribution is 2.52. The van der Waals surface area contributed by atoms with Gasteiger partial charge in [0.05, 0.1) is 44.8 Å². The Morgan fingerprint density at radius 1 is 0.373 bits per heavy atom. The van der Waals surface area contributed by atoms with Crippen molar-refractivity contribution < 1.29 is 0 Å². The first-order chi connectivity index (χ1) is 32.5. The van der Waals surface area contributed by atoms with E-state index in [4.69, 9.17) is 4.98 Å². The van der Waals surface area contributed by atoms with Gasteiger partial charge in [0, 0.05) is 65.1 Å². The fourth-order valence-corrected chi connectivity index (χ4v) is 12.2. The Hall–Kier alpha value is -7.95. The Morgan fingerprint density at radius 2 is 0.985 bits per heavy atom. The Kier molecular flexibility index (Phi) is 6.94. The van der Waals surface area contributed by atoms with Crippen LogP contribution >= 0.6 is 0 Å². The first-order valence-corrected chi connectivity index (χ1v) is 23.7. The van der Waals surface area contributed by atoms with E-state index in [0.717, 1.165) is 16.9 Å². The number of para-hydroxylation sites is 2. The largest absolute Gasteiger partial charge is 0.309 e. The first-order valence-electron chi connectivity index (χ1n) is 23.7. The molecule has 0 aliphatic carbocycles. The molecule has 0 radical (unpaired) electrons. The van der Waals surface area contributed by atoms with E-state index in [2.05, 4.69) is 225 Å². The summed E-state index contributed by atoms with van der Waals surface area (Å²) in [6.07, 6.45) is 2.18. The molecule has 9 aromatic carbocycles. The van der Waals surface area contributed by atoms with Crippen molar-refractivity contribution in [3.63, 3.8) is 0 Å². The SMILES string of the molecule is CC(C)(C)c1ccc2c(c1)c1c3ccccc3cc3c4c5c6c7ccccc7cc7c8cc(C(C)(C)C)cc(-c9ccc%10c(c9)c9ccccc9n%10-c9ccccc9)c8n(c5ncc4n2c31)c76. The van der Waals surface area contributed by atoms with Gasteiger partial charge in [0.15, 0.2) is 0 Å². The van der Waals surface area contributed by atoms with Crippen molar-refractivity contribution in [3.05, 3.63) is 181 Å². The molecule has 0 fully saturated rings. The summed E-state index contributed by atoms with van der Waals surface area (Å²) in [5, 5.41) is 17.8. The molecule has 4 heteroatoms. The van der Waals surface area contributed by atoms with Crippen LogP contribution in [0, 0.1) is 0 Å². The lowest BCUT2D eigenvalue weighted by molar-refractivity contribution is 0.591. The van der Waals surface area contributed by atoms with Gasteiger partial charge in [0.1, 0.15) is 5.65 Å². The minimum absolute atomic E-state index is 0.0235. The van der Waals surface area contributed by atoms with E-state index in [1.54, 1.807) is 0 Å². The Labute approximate surface area is 386 Å². The molecular formula is C63H46N4. The fraction of sp³-hybridized carbons (Fsp3) is 0.127. The summed E-state index contributed by atoms with van der Waals surface area (Å²) in [6.45, 7) is 14.0. The summed E-state index contributed by atoms with van der Waals surface area (Å²) in [7, 11) is 0. The first kappa shape index (κ1) is 37.3. The molecule has 6 aromatic heterocycles. The molecule has 0 N–H and O–H groups in total. The van der Waals surface area contributed by atoms with E-state index in [1.807, 2.05) is 0 Å². The summed E-state index contributed by atoms with van der Waals surface area (Å²) < 4.78 is 7.48. The summed E-state index contributed by atoms with van der Waals surface area (Å²) >= 11 is 0. The molecule has 318 valence electrons. The Bertz CT molecular complexity index is 4620. The molecule has 0 spiro atoms. The summed E-state index contributed by atoms with van der Waals surface area (Å²) in [6, 6.07) is 61.7. The maximum absolute atomic E-state index is 5.66. The third-order valence-electron chi connectivity index (χ3n) is 15.4. The van der Waals surface area contributed by atoms with E-state index in [-0.39, 0.29) is 10.8 Å². The van der Waals surface area contributed by atoms with Crippen LogP contribution in [-0.2, 0) is 10.8 Å². The van der Waals surface area contributed by atoms with E-state index in [0.29, 0.717) is 0 Å². The quantitative estimate of drug-likeness (QED) is 0.170. The second-order valence-electron chi connectivity index (χ2n) is 21.2. The van der Waals surface area contributed by atoms with Gasteiger partial charge < -0.3 is 8.97 Å². The second kappa shape index (κ2) is 12.5. The maximum atomic E-state index is 5.66. The van der Waals surface area contributed by atoms with E-state index < -0.39 is 0 Å². The van der Waals surface area contributed by atoms with Gasteiger partial charge in [-0.1, -0.05) is 139 Å². The smallest absolute Gasteiger partial charge is 0.146 e. The number of hydrogen-bond acceptors (Lipinski definition) is 1. The Morgan fingerprint density at radius 3 is 1.75 bits per heavy atom. The third kappa shape index (κ3) is 4.74. The molecule has 0 aliphatic heterocycles. The maximum Gasteiger partial charge on any atom is 0.146 e. The van der Waals surface area contributed by atoms with Crippen molar-refractivity contribution in [1.29, 1.82) is 0 Å². The number of pyridine rings is 1. The van der Waals surface area contributed by atoms with Crippen LogP contribution in [0.2, 0.25) is 0 Å². The third-order valence-corrected chi connectivity index (χ3v) is 15.4. The van der Waals surface area contributed by atoms with Crippen molar-refractivity contribution in [2.75, 3.05) is 0 Å². The number of aromatic nitrogens is 4. The van der Waals surface area contributed by atoms with E-state index >= 15 is 0 Å². The van der Waals surface area contributed by atoms with Crippen molar-refractivity contribution >= 4 is 120 Å². The van der Waals surface area contributed by atoms with Crippen LogP contribution in [0.1, 0.15) is 52.7 Å². The molecule has 0 aliphatic rings. The fourth-order valence-electron chi connectivity index (χ4n) is 12.2. The Balaban J connectivity index is 1.14. The molecule has 0 saturated heterocycles. The molecule has 0 amide bonds. The molecule has 0 unspecified atom stereocenters. The lowest BCUT2D eigenvalue weighted by Crippen LogP contribution is -2.11. The van der Waals surface area contributed by atoms with Gasteiger partial charge in [0.25, 0.3) is 0 Å².